The van der Waals surface area contributed by atoms with E-state index in [0.29, 0.717) is 11.3 Å². The number of rotatable bonds is 3. The molecule has 10 heteroatoms. The van der Waals surface area contributed by atoms with Crippen LogP contribution in [0.2, 0.25) is 0 Å². The van der Waals surface area contributed by atoms with E-state index in [1.165, 1.54) is 12.1 Å². The Bertz CT molecular complexity index is 665. The Balaban J connectivity index is 2.40. The third-order valence-electron chi connectivity index (χ3n) is 2.05. The monoisotopic (exact) mass is 314 g/mol. The third-order valence-corrected chi connectivity index (χ3v) is 4.71. The Hall–Kier alpha value is -0.870. The summed E-state index contributed by atoms with van der Waals surface area (Å²) in [4.78, 5) is -0.348. The van der Waals surface area contributed by atoms with Gasteiger partial charge in [-0.15, -0.1) is 3.63 Å². The van der Waals surface area contributed by atoms with E-state index in [-0.39, 0.29) is 18.3 Å². The standard InChI is InChI=1S/C8H7ClO7S2/c9-18(12,13)16-17(10,11)7-1-2-8-6(3-7)4-14-5-15-8/h1-3H,4-5H2. The Morgan fingerprint density at radius 3 is 2.61 bits per heavy atom. The van der Waals surface area contributed by atoms with Gasteiger partial charge in [-0.25, -0.2) is 0 Å². The van der Waals surface area contributed by atoms with Gasteiger partial charge in [0.05, 0.1) is 22.2 Å². The van der Waals surface area contributed by atoms with Gasteiger partial charge in [-0.05, 0) is 18.2 Å². The Morgan fingerprint density at radius 2 is 1.94 bits per heavy atom. The van der Waals surface area contributed by atoms with Gasteiger partial charge < -0.3 is 9.47 Å². The van der Waals surface area contributed by atoms with Crippen molar-refractivity contribution in [2.24, 2.45) is 0 Å². The van der Waals surface area contributed by atoms with Crippen molar-refractivity contribution in [1.29, 1.82) is 0 Å². The zero-order chi connectivity index (χ0) is 13.4. The highest BCUT2D eigenvalue weighted by Gasteiger charge is 2.24. The summed E-state index contributed by atoms with van der Waals surface area (Å²) in [6.45, 7) is 0.234. The summed E-state index contributed by atoms with van der Waals surface area (Å²) in [5.74, 6) is 0.467. The summed E-state index contributed by atoms with van der Waals surface area (Å²) in [6, 6.07) is 3.74. The van der Waals surface area contributed by atoms with Gasteiger partial charge in [-0.1, -0.05) is 0 Å². The van der Waals surface area contributed by atoms with Gasteiger partial charge in [0.2, 0.25) is 0 Å². The first-order valence-corrected chi connectivity index (χ1v) is 8.16. The van der Waals surface area contributed by atoms with E-state index >= 15 is 0 Å². The van der Waals surface area contributed by atoms with Crippen LogP contribution in [-0.2, 0) is 34.4 Å². The Kier molecular flexibility index (Phi) is 3.52. The van der Waals surface area contributed by atoms with Crippen molar-refractivity contribution in [3.8, 4) is 5.75 Å². The normalized spacial score (nSPS) is 15.8. The number of benzene rings is 1. The van der Waals surface area contributed by atoms with Gasteiger partial charge in [-0.3, -0.25) is 0 Å². The van der Waals surface area contributed by atoms with E-state index in [9.17, 15) is 16.8 Å². The summed E-state index contributed by atoms with van der Waals surface area (Å²) in [7, 11) is -4.38. The van der Waals surface area contributed by atoms with Crippen LogP contribution >= 0.6 is 10.7 Å². The lowest BCUT2D eigenvalue weighted by Crippen LogP contribution is -2.14. The first-order chi connectivity index (χ1) is 8.28. The van der Waals surface area contributed by atoms with Crippen molar-refractivity contribution < 1.29 is 29.9 Å². The predicted molar refractivity (Wildman–Crippen MR) is 59.8 cm³/mol. The quantitative estimate of drug-likeness (QED) is 0.759. The molecule has 0 bridgehead atoms. The van der Waals surface area contributed by atoms with Gasteiger partial charge in [0, 0.05) is 5.56 Å². The molecule has 1 aliphatic heterocycles. The fourth-order valence-electron chi connectivity index (χ4n) is 1.37. The minimum atomic E-state index is -4.63. The molecule has 0 spiro atoms. The largest absolute Gasteiger partial charge is 0.467 e. The number of hydrogen-bond acceptors (Lipinski definition) is 7. The maximum Gasteiger partial charge on any atom is 0.370 e. The van der Waals surface area contributed by atoms with Crippen LogP contribution in [0.1, 0.15) is 5.56 Å². The average Bonchev–Trinajstić information content (AvgIpc) is 2.25. The van der Waals surface area contributed by atoms with E-state index in [4.69, 9.17) is 20.2 Å². The van der Waals surface area contributed by atoms with Crippen molar-refractivity contribution >= 4 is 30.1 Å². The third kappa shape index (κ3) is 3.12. The van der Waals surface area contributed by atoms with Crippen molar-refractivity contribution in [3.63, 3.8) is 0 Å². The van der Waals surface area contributed by atoms with Gasteiger partial charge >= 0.3 is 19.4 Å². The molecule has 100 valence electrons. The molecule has 1 aromatic rings. The van der Waals surface area contributed by atoms with Crippen molar-refractivity contribution in [3.05, 3.63) is 23.8 Å². The predicted octanol–water partition coefficient (Wildman–Crippen LogP) is 0.742. The maximum atomic E-state index is 11.6. The molecule has 0 radical (unpaired) electrons. The van der Waals surface area contributed by atoms with E-state index < -0.39 is 19.4 Å². The molecule has 18 heavy (non-hydrogen) atoms. The molecule has 0 fully saturated rings. The molecule has 0 aromatic heterocycles. The fraction of sp³-hybridized carbons (Fsp3) is 0.250. The summed E-state index contributed by atoms with van der Waals surface area (Å²) in [5.41, 5.74) is 0.470. The van der Waals surface area contributed by atoms with Crippen LogP contribution in [0.15, 0.2) is 23.1 Å². The molecule has 0 N–H and O–H groups in total. The lowest BCUT2D eigenvalue weighted by atomic mass is 10.2. The second-order valence-electron chi connectivity index (χ2n) is 3.30. The molecule has 1 heterocycles. The second-order valence-corrected chi connectivity index (χ2v) is 7.14. The Labute approximate surface area is 108 Å². The molecule has 0 saturated heterocycles. The molecule has 7 nitrogen and oxygen atoms in total. The lowest BCUT2D eigenvalue weighted by molar-refractivity contribution is -0.0165. The molecule has 0 aliphatic carbocycles. The van der Waals surface area contributed by atoms with Crippen LogP contribution in [0, 0.1) is 0 Å². The first-order valence-electron chi connectivity index (χ1n) is 4.52. The summed E-state index contributed by atoms with van der Waals surface area (Å²) >= 11 is 0. The summed E-state index contributed by atoms with van der Waals surface area (Å²) in [5, 5.41) is 0. The van der Waals surface area contributed by atoms with Crippen molar-refractivity contribution in [1.82, 2.24) is 0 Å². The van der Waals surface area contributed by atoms with E-state index in [0.717, 1.165) is 6.07 Å². The minimum absolute atomic E-state index is 0.0751. The molecule has 1 aliphatic rings. The average molecular weight is 315 g/mol. The molecule has 1 aromatic carbocycles. The van der Waals surface area contributed by atoms with Gasteiger partial charge in [0.25, 0.3) is 0 Å². The highest BCUT2D eigenvalue weighted by molar-refractivity contribution is 8.15. The van der Waals surface area contributed by atoms with Gasteiger partial charge in [0.15, 0.2) is 6.79 Å². The van der Waals surface area contributed by atoms with Crippen LogP contribution in [0.3, 0.4) is 0 Å². The van der Waals surface area contributed by atoms with Crippen LogP contribution < -0.4 is 4.74 Å². The topological polar surface area (TPSA) is 96.0 Å². The second kappa shape index (κ2) is 4.67. The number of ether oxygens (including phenoxy) is 2. The molecule has 0 unspecified atom stereocenters. The van der Waals surface area contributed by atoms with Crippen molar-refractivity contribution in [2.45, 2.75) is 11.5 Å². The van der Waals surface area contributed by atoms with E-state index in [1.807, 2.05) is 0 Å². The zero-order valence-corrected chi connectivity index (χ0v) is 11.1. The van der Waals surface area contributed by atoms with Crippen molar-refractivity contribution in [2.75, 3.05) is 6.79 Å². The van der Waals surface area contributed by atoms with Crippen LogP contribution in [-0.4, -0.2) is 23.6 Å². The molecule has 0 atom stereocenters. The first kappa shape index (κ1) is 13.6. The Morgan fingerprint density at radius 1 is 1.22 bits per heavy atom. The number of hydrogen-bond donors (Lipinski definition) is 0. The molecular formula is C8H7ClO7S2. The lowest BCUT2D eigenvalue weighted by Gasteiger charge is -2.17. The summed E-state index contributed by atoms with van der Waals surface area (Å²) in [6.07, 6.45) is 0. The van der Waals surface area contributed by atoms with Crippen LogP contribution in [0.4, 0.5) is 0 Å². The fourth-order valence-corrected chi connectivity index (χ4v) is 3.67. The van der Waals surface area contributed by atoms with E-state index in [2.05, 4.69) is 3.63 Å². The highest BCUT2D eigenvalue weighted by atomic mass is 35.7. The maximum absolute atomic E-state index is 11.6. The van der Waals surface area contributed by atoms with Gasteiger partial charge in [-0.2, -0.15) is 16.8 Å². The molecule has 0 amide bonds. The minimum Gasteiger partial charge on any atom is -0.467 e. The SMILES string of the molecule is O=S(=O)(Cl)OS(=O)(=O)c1ccc2c(c1)COCO2. The highest BCUT2D eigenvalue weighted by Crippen LogP contribution is 2.27. The molecule has 2 rings (SSSR count). The summed E-state index contributed by atoms with van der Waals surface area (Å²) < 4.78 is 58.3. The van der Waals surface area contributed by atoms with Crippen LogP contribution in [0.25, 0.3) is 0 Å². The zero-order valence-electron chi connectivity index (χ0n) is 8.70. The van der Waals surface area contributed by atoms with Crippen LogP contribution in [0.5, 0.6) is 5.75 Å². The molecular weight excluding hydrogens is 308 g/mol. The van der Waals surface area contributed by atoms with Gasteiger partial charge in [0.1, 0.15) is 5.75 Å². The molecule has 0 saturated carbocycles. The smallest absolute Gasteiger partial charge is 0.370 e. The number of fused-ring (bicyclic) bond motifs is 1. The van der Waals surface area contributed by atoms with E-state index in [1.54, 1.807) is 0 Å². The number of halogens is 1.